The third-order valence-electron chi connectivity index (χ3n) is 4.97. The van der Waals surface area contributed by atoms with E-state index in [-0.39, 0.29) is 5.91 Å². The molecule has 0 unspecified atom stereocenters. The first-order valence-electron chi connectivity index (χ1n) is 9.11. The van der Waals surface area contributed by atoms with Crippen molar-refractivity contribution in [3.05, 3.63) is 70.9 Å². The lowest BCUT2D eigenvalue weighted by atomic mass is 9.94. The van der Waals surface area contributed by atoms with E-state index in [1.54, 1.807) is 0 Å². The van der Waals surface area contributed by atoms with E-state index in [1.165, 1.54) is 35.1 Å². The highest BCUT2D eigenvalue weighted by Gasteiger charge is 2.25. The molecule has 1 fully saturated rings. The highest BCUT2D eigenvalue weighted by molar-refractivity contribution is 5.91. The van der Waals surface area contributed by atoms with Crippen LogP contribution in [0.1, 0.15) is 41.1 Å². The summed E-state index contributed by atoms with van der Waals surface area (Å²) in [7, 11) is 0. The fourth-order valence-corrected chi connectivity index (χ4v) is 3.39. The van der Waals surface area contributed by atoms with Gasteiger partial charge in [-0.05, 0) is 54.5 Å². The van der Waals surface area contributed by atoms with Crippen molar-refractivity contribution in [2.45, 2.75) is 39.0 Å². The number of amides is 1. The van der Waals surface area contributed by atoms with Gasteiger partial charge in [0.05, 0.1) is 6.42 Å². The average Bonchev–Trinajstić information content (AvgIpc) is 3.36. The highest BCUT2D eigenvalue weighted by atomic mass is 16.1. The van der Waals surface area contributed by atoms with Gasteiger partial charge in [0.1, 0.15) is 0 Å². The van der Waals surface area contributed by atoms with Crippen molar-refractivity contribution < 1.29 is 4.79 Å². The summed E-state index contributed by atoms with van der Waals surface area (Å²) >= 11 is 0. The number of H-pyrrole nitrogens is 1. The van der Waals surface area contributed by atoms with Crippen LogP contribution in [-0.2, 0) is 11.2 Å². The number of aromatic amines is 1. The molecular formula is C22H23N3O. The molecule has 0 bridgehead atoms. The molecule has 1 aliphatic carbocycles. The molecule has 0 atom stereocenters. The van der Waals surface area contributed by atoms with Crippen LogP contribution in [0.3, 0.4) is 0 Å². The Morgan fingerprint density at radius 1 is 1.08 bits per heavy atom. The first kappa shape index (κ1) is 16.6. The summed E-state index contributed by atoms with van der Waals surface area (Å²) in [6.45, 7) is 4.22. The van der Waals surface area contributed by atoms with Crippen LogP contribution in [0.4, 0.5) is 5.82 Å². The Hall–Kier alpha value is -2.88. The predicted octanol–water partition coefficient (Wildman–Crippen LogP) is 4.75. The van der Waals surface area contributed by atoms with E-state index in [2.05, 4.69) is 65.8 Å². The van der Waals surface area contributed by atoms with Crippen LogP contribution in [0.25, 0.3) is 11.1 Å². The van der Waals surface area contributed by atoms with Crippen molar-refractivity contribution in [3.63, 3.8) is 0 Å². The van der Waals surface area contributed by atoms with Crippen molar-refractivity contribution in [2.75, 3.05) is 5.32 Å². The zero-order chi connectivity index (χ0) is 18.1. The zero-order valence-electron chi connectivity index (χ0n) is 15.2. The van der Waals surface area contributed by atoms with Crippen LogP contribution in [-0.4, -0.2) is 16.1 Å². The summed E-state index contributed by atoms with van der Waals surface area (Å²) in [5.74, 6) is 1.18. The Bertz CT molecular complexity index is 954. The molecule has 1 heterocycles. The van der Waals surface area contributed by atoms with Crippen LogP contribution in [0.2, 0.25) is 0 Å². The standard InChI is InChI=1S/C22H23N3O/c1-14-5-3-4-6-18(14)19-10-7-16(11-15(19)2)12-22(26)23-21-13-20(24-25-21)17-8-9-17/h3-7,10-11,13,17H,8-9,12H2,1-2H3,(H2,23,24,25,26). The largest absolute Gasteiger partial charge is 0.309 e. The molecule has 1 amide bonds. The maximum atomic E-state index is 12.3. The minimum Gasteiger partial charge on any atom is -0.309 e. The number of aryl methyl sites for hydroxylation is 2. The third-order valence-corrected chi connectivity index (χ3v) is 4.97. The van der Waals surface area contributed by atoms with Crippen molar-refractivity contribution in [1.82, 2.24) is 10.2 Å². The summed E-state index contributed by atoms with van der Waals surface area (Å²) in [4.78, 5) is 12.3. The topological polar surface area (TPSA) is 57.8 Å². The molecule has 26 heavy (non-hydrogen) atoms. The fourth-order valence-electron chi connectivity index (χ4n) is 3.39. The molecule has 3 aromatic rings. The molecule has 132 valence electrons. The maximum Gasteiger partial charge on any atom is 0.229 e. The number of aromatic nitrogens is 2. The molecule has 1 aliphatic rings. The van der Waals surface area contributed by atoms with Crippen LogP contribution >= 0.6 is 0 Å². The van der Waals surface area contributed by atoms with Gasteiger partial charge in [0.15, 0.2) is 5.82 Å². The second-order valence-corrected chi connectivity index (χ2v) is 7.17. The third kappa shape index (κ3) is 3.54. The number of carbonyl (C=O) groups is 1. The Balaban J connectivity index is 1.45. The van der Waals surface area contributed by atoms with E-state index in [0.29, 0.717) is 18.2 Å². The van der Waals surface area contributed by atoms with Gasteiger partial charge < -0.3 is 5.32 Å². The summed E-state index contributed by atoms with van der Waals surface area (Å²) < 4.78 is 0. The Kier molecular flexibility index (Phi) is 4.33. The van der Waals surface area contributed by atoms with E-state index in [4.69, 9.17) is 0 Å². The minimum absolute atomic E-state index is 0.0399. The van der Waals surface area contributed by atoms with Crippen molar-refractivity contribution in [2.24, 2.45) is 0 Å². The zero-order valence-corrected chi connectivity index (χ0v) is 15.2. The van der Waals surface area contributed by atoms with Crippen LogP contribution in [0.5, 0.6) is 0 Å². The Morgan fingerprint density at radius 2 is 1.85 bits per heavy atom. The first-order valence-corrected chi connectivity index (χ1v) is 9.11. The summed E-state index contributed by atoms with van der Waals surface area (Å²) in [6.07, 6.45) is 2.77. The maximum absolute atomic E-state index is 12.3. The van der Waals surface area contributed by atoms with E-state index in [1.807, 2.05) is 12.1 Å². The number of nitrogens with zero attached hydrogens (tertiary/aromatic N) is 1. The SMILES string of the molecule is Cc1ccccc1-c1ccc(CC(=O)Nc2cc(C3CC3)[nH]n2)cc1C. The highest BCUT2D eigenvalue weighted by Crippen LogP contribution is 2.39. The molecule has 4 nitrogen and oxygen atoms in total. The number of hydrogen-bond acceptors (Lipinski definition) is 2. The van der Waals surface area contributed by atoms with Gasteiger partial charge >= 0.3 is 0 Å². The number of hydrogen-bond donors (Lipinski definition) is 2. The normalized spacial score (nSPS) is 13.6. The molecule has 0 aliphatic heterocycles. The van der Waals surface area contributed by atoms with E-state index in [9.17, 15) is 4.79 Å². The van der Waals surface area contributed by atoms with Crippen molar-refractivity contribution >= 4 is 11.7 Å². The molecule has 4 rings (SSSR count). The molecule has 1 saturated carbocycles. The second-order valence-electron chi connectivity index (χ2n) is 7.17. The summed E-state index contributed by atoms with van der Waals surface area (Å²) in [5, 5.41) is 10.1. The fraction of sp³-hybridized carbons (Fsp3) is 0.273. The second kappa shape index (κ2) is 6.79. The molecule has 1 aromatic heterocycles. The number of anilines is 1. The van der Waals surface area contributed by atoms with Gasteiger partial charge in [-0.1, -0.05) is 42.5 Å². The molecule has 0 spiro atoms. The molecule has 0 radical (unpaired) electrons. The molecule has 2 aromatic carbocycles. The van der Waals surface area contributed by atoms with Crippen LogP contribution in [0.15, 0.2) is 48.5 Å². The molecule has 4 heteroatoms. The number of benzene rings is 2. The smallest absolute Gasteiger partial charge is 0.229 e. The van der Waals surface area contributed by atoms with E-state index >= 15 is 0 Å². The van der Waals surface area contributed by atoms with Gasteiger partial charge in [-0.2, -0.15) is 5.10 Å². The molecular weight excluding hydrogens is 322 g/mol. The van der Waals surface area contributed by atoms with Gasteiger partial charge in [-0.3, -0.25) is 9.89 Å². The lowest BCUT2D eigenvalue weighted by Crippen LogP contribution is -2.14. The molecule has 0 saturated heterocycles. The Labute approximate surface area is 153 Å². The summed E-state index contributed by atoms with van der Waals surface area (Å²) in [6, 6.07) is 16.6. The van der Waals surface area contributed by atoms with Gasteiger partial charge in [0.25, 0.3) is 0 Å². The number of nitrogens with one attached hydrogen (secondary N) is 2. The van der Waals surface area contributed by atoms with Crippen LogP contribution < -0.4 is 5.32 Å². The monoisotopic (exact) mass is 345 g/mol. The first-order chi connectivity index (χ1) is 12.6. The van der Waals surface area contributed by atoms with Crippen LogP contribution in [0, 0.1) is 13.8 Å². The van der Waals surface area contributed by atoms with E-state index in [0.717, 1.165) is 11.3 Å². The lowest BCUT2D eigenvalue weighted by Gasteiger charge is -2.11. The lowest BCUT2D eigenvalue weighted by molar-refractivity contribution is -0.115. The molecule has 2 N–H and O–H groups in total. The van der Waals surface area contributed by atoms with E-state index < -0.39 is 0 Å². The Morgan fingerprint density at radius 3 is 2.58 bits per heavy atom. The number of carbonyl (C=O) groups excluding carboxylic acids is 1. The average molecular weight is 345 g/mol. The summed E-state index contributed by atoms with van der Waals surface area (Å²) in [5.41, 5.74) is 7.03. The van der Waals surface area contributed by atoms with Crippen molar-refractivity contribution in [1.29, 1.82) is 0 Å². The van der Waals surface area contributed by atoms with Gasteiger partial charge in [-0.15, -0.1) is 0 Å². The van der Waals surface area contributed by atoms with Gasteiger partial charge in [0.2, 0.25) is 5.91 Å². The van der Waals surface area contributed by atoms with Gasteiger partial charge in [-0.25, -0.2) is 0 Å². The van der Waals surface area contributed by atoms with Gasteiger partial charge in [0, 0.05) is 17.7 Å². The van der Waals surface area contributed by atoms with Crippen molar-refractivity contribution in [3.8, 4) is 11.1 Å². The quantitative estimate of drug-likeness (QED) is 0.701. The predicted molar refractivity (Wildman–Crippen MR) is 104 cm³/mol. The number of rotatable bonds is 5. The minimum atomic E-state index is -0.0399.